The van der Waals surface area contributed by atoms with Gasteiger partial charge >= 0.3 is 6.11 Å². The van der Waals surface area contributed by atoms with Crippen molar-refractivity contribution in [2.45, 2.75) is 38.7 Å². The molecule has 8 heteroatoms. The van der Waals surface area contributed by atoms with Crippen LogP contribution < -0.4 is 4.74 Å². The van der Waals surface area contributed by atoms with E-state index in [2.05, 4.69) is 4.74 Å². The second-order valence-corrected chi connectivity index (χ2v) is 7.31. The van der Waals surface area contributed by atoms with E-state index in [1.807, 2.05) is 6.92 Å². The number of rotatable bonds is 8. The molecule has 0 unspecified atom stereocenters. The predicted molar refractivity (Wildman–Crippen MR) is 106 cm³/mol. The third-order valence-corrected chi connectivity index (χ3v) is 4.83. The van der Waals surface area contributed by atoms with Gasteiger partial charge in [0.2, 0.25) is 0 Å². The van der Waals surface area contributed by atoms with E-state index < -0.39 is 46.5 Å². The predicted octanol–water partition coefficient (Wildman–Crippen LogP) is 7.91. The molecule has 0 saturated carbocycles. The molecule has 3 aromatic rings. The fourth-order valence-electron chi connectivity index (χ4n) is 3.32. The maximum absolute atomic E-state index is 14.5. The van der Waals surface area contributed by atoms with Gasteiger partial charge in [0.1, 0.15) is 40.4 Å². The highest BCUT2D eigenvalue weighted by Gasteiger charge is 2.41. The lowest BCUT2D eigenvalue weighted by atomic mass is 9.99. The molecule has 0 atom stereocenters. The van der Waals surface area contributed by atoms with Crippen LogP contribution in [0.2, 0.25) is 0 Å². The maximum atomic E-state index is 14.5. The molecule has 0 spiro atoms. The van der Waals surface area contributed by atoms with Crippen molar-refractivity contribution in [3.63, 3.8) is 0 Å². The highest BCUT2D eigenvalue weighted by molar-refractivity contribution is 5.65. The number of hydrogen-bond donors (Lipinski definition) is 0. The SMILES string of the molecule is CCCCCc1ccc(-c2cc(F)c(C(F)(F)Oc3cc(F)cc(F)c3)c(F)c2)c(F)c1. The molecule has 0 N–H and O–H groups in total. The number of halogens is 7. The molecule has 3 rings (SSSR count). The molecule has 0 aromatic heterocycles. The lowest BCUT2D eigenvalue weighted by Gasteiger charge is -2.20. The average Bonchev–Trinajstić information content (AvgIpc) is 2.66. The first-order valence-corrected chi connectivity index (χ1v) is 9.92. The lowest BCUT2D eigenvalue weighted by molar-refractivity contribution is -0.189. The second kappa shape index (κ2) is 9.63. The van der Waals surface area contributed by atoms with E-state index in [0.29, 0.717) is 42.3 Å². The summed E-state index contributed by atoms with van der Waals surface area (Å²) in [5, 5.41) is 0. The summed E-state index contributed by atoms with van der Waals surface area (Å²) in [4.78, 5) is 0. The Morgan fingerprint density at radius 2 is 1.38 bits per heavy atom. The molecule has 170 valence electrons. The Kier molecular flexibility index (Phi) is 7.11. The third kappa shape index (κ3) is 5.41. The van der Waals surface area contributed by atoms with Crippen LogP contribution in [0.4, 0.5) is 30.7 Å². The van der Waals surface area contributed by atoms with Crippen LogP contribution in [-0.4, -0.2) is 0 Å². The Morgan fingerprint density at radius 3 is 1.94 bits per heavy atom. The molecule has 3 aromatic carbocycles. The number of alkyl halides is 2. The first-order valence-electron chi connectivity index (χ1n) is 9.92. The molecule has 0 aliphatic rings. The Labute approximate surface area is 180 Å². The van der Waals surface area contributed by atoms with Crippen molar-refractivity contribution in [1.29, 1.82) is 0 Å². The molecule has 0 amide bonds. The first-order chi connectivity index (χ1) is 15.1. The van der Waals surface area contributed by atoms with Crippen molar-refractivity contribution in [3.8, 4) is 16.9 Å². The fourth-order valence-corrected chi connectivity index (χ4v) is 3.32. The molecule has 0 saturated heterocycles. The van der Waals surface area contributed by atoms with Gasteiger partial charge in [0.05, 0.1) is 0 Å². The van der Waals surface area contributed by atoms with Gasteiger partial charge in [0.25, 0.3) is 0 Å². The van der Waals surface area contributed by atoms with Gasteiger partial charge in [-0.3, -0.25) is 0 Å². The molecule has 0 aliphatic carbocycles. The zero-order valence-corrected chi connectivity index (χ0v) is 17.0. The van der Waals surface area contributed by atoms with E-state index >= 15 is 0 Å². The molecule has 0 radical (unpaired) electrons. The fraction of sp³-hybridized carbons (Fsp3) is 0.250. The standard InChI is InChI=1S/C24H19F7O/c1-2-3-4-5-14-6-7-19(20(27)8-14)15-9-21(28)23(22(29)10-15)24(30,31)32-18-12-16(25)11-17(26)13-18/h6-13H,2-5H2,1H3. The summed E-state index contributed by atoms with van der Waals surface area (Å²) < 4.78 is 103. The Balaban J connectivity index is 1.90. The minimum Gasteiger partial charge on any atom is -0.429 e. The van der Waals surface area contributed by atoms with E-state index in [1.54, 1.807) is 6.07 Å². The van der Waals surface area contributed by atoms with Crippen LogP contribution in [0.25, 0.3) is 11.1 Å². The largest absolute Gasteiger partial charge is 0.432 e. The van der Waals surface area contributed by atoms with Gasteiger partial charge in [-0.25, -0.2) is 22.0 Å². The topological polar surface area (TPSA) is 9.23 Å². The Bertz CT molecular complexity index is 1070. The third-order valence-electron chi connectivity index (χ3n) is 4.83. The van der Waals surface area contributed by atoms with Crippen LogP contribution in [0.3, 0.4) is 0 Å². The minimum absolute atomic E-state index is 0.162. The highest BCUT2D eigenvalue weighted by atomic mass is 19.3. The summed E-state index contributed by atoms with van der Waals surface area (Å²) in [7, 11) is 0. The zero-order chi connectivity index (χ0) is 23.5. The summed E-state index contributed by atoms with van der Waals surface area (Å²) in [6, 6.07) is 6.59. The van der Waals surface area contributed by atoms with Crippen LogP contribution in [0, 0.1) is 29.1 Å². The quantitative estimate of drug-likeness (QED) is 0.247. The van der Waals surface area contributed by atoms with Gasteiger partial charge in [-0.2, -0.15) is 8.78 Å². The number of unbranched alkanes of at least 4 members (excludes halogenated alkanes) is 2. The van der Waals surface area contributed by atoms with Gasteiger partial charge in [0, 0.05) is 23.8 Å². The van der Waals surface area contributed by atoms with E-state index in [0.717, 1.165) is 19.3 Å². The smallest absolute Gasteiger partial charge is 0.429 e. The van der Waals surface area contributed by atoms with Crippen LogP contribution in [0.15, 0.2) is 48.5 Å². The minimum atomic E-state index is -4.59. The molecule has 0 aliphatic heterocycles. The van der Waals surface area contributed by atoms with E-state index in [-0.39, 0.29) is 11.1 Å². The van der Waals surface area contributed by atoms with E-state index in [1.165, 1.54) is 12.1 Å². The molecule has 1 nitrogen and oxygen atoms in total. The van der Waals surface area contributed by atoms with Crippen molar-refractivity contribution >= 4 is 0 Å². The first kappa shape index (κ1) is 23.6. The van der Waals surface area contributed by atoms with Gasteiger partial charge in [-0.05, 0) is 42.2 Å². The van der Waals surface area contributed by atoms with Gasteiger partial charge in [0.15, 0.2) is 0 Å². The highest BCUT2D eigenvalue weighted by Crippen LogP contribution is 2.37. The zero-order valence-electron chi connectivity index (χ0n) is 17.0. The molecular weight excluding hydrogens is 437 g/mol. The van der Waals surface area contributed by atoms with Crippen molar-refractivity contribution < 1.29 is 35.5 Å². The average molecular weight is 456 g/mol. The van der Waals surface area contributed by atoms with Crippen molar-refractivity contribution in [2.75, 3.05) is 0 Å². The van der Waals surface area contributed by atoms with Gasteiger partial charge in [-0.15, -0.1) is 0 Å². The molecule has 0 heterocycles. The maximum Gasteiger partial charge on any atom is 0.432 e. The molecule has 0 fully saturated rings. The van der Waals surface area contributed by atoms with E-state index in [9.17, 15) is 30.7 Å². The summed E-state index contributed by atoms with van der Waals surface area (Å²) >= 11 is 0. The van der Waals surface area contributed by atoms with Crippen LogP contribution >= 0.6 is 0 Å². The van der Waals surface area contributed by atoms with Crippen LogP contribution in [-0.2, 0) is 12.5 Å². The van der Waals surface area contributed by atoms with Gasteiger partial charge < -0.3 is 4.74 Å². The van der Waals surface area contributed by atoms with Crippen molar-refractivity contribution in [1.82, 2.24) is 0 Å². The van der Waals surface area contributed by atoms with E-state index in [4.69, 9.17) is 0 Å². The monoisotopic (exact) mass is 456 g/mol. The Morgan fingerprint density at radius 1 is 0.750 bits per heavy atom. The molecule has 32 heavy (non-hydrogen) atoms. The number of aryl methyl sites for hydroxylation is 1. The van der Waals surface area contributed by atoms with Crippen LogP contribution in [0.1, 0.15) is 37.3 Å². The van der Waals surface area contributed by atoms with Crippen molar-refractivity contribution in [2.24, 2.45) is 0 Å². The molecular formula is C24H19F7O. The number of hydrogen-bond acceptors (Lipinski definition) is 1. The lowest BCUT2D eigenvalue weighted by Crippen LogP contribution is -2.25. The Hall–Kier alpha value is -3.03. The summed E-state index contributed by atoms with van der Waals surface area (Å²) in [6.07, 6.45) is -1.13. The summed E-state index contributed by atoms with van der Waals surface area (Å²) in [6.45, 7) is 2.03. The normalized spacial score (nSPS) is 11.6. The number of ether oxygens (including phenoxy) is 1. The summed E-state index contributed by atoms with van der Waals surface area (Å²) in [5.41, 5.74) is -1.50. The van der Waals surface area contributed by atoms with Crippen molar-refractivity contribution in [3.05, 3.63) is 88.7 Å². The molecule has 0 bridgehead atoms. The number of benzene rings is 3. The second-order valence-electron chi connectivity index (χ2n) is 7.31. The van der Waals surface area contributed by atoms with Crippen LogP contribution in [0.5, 0.6) is 5.75 Å². The van der Waals surface area contributed by atoms with Gasteiger partial charge in [-0.1, -0.05) is 31.9 Å². The summed E-state index contributed by atoms with van der Waals surface area (Å²) in [5.74, 6) is -7.52.